The summed E-state index contributed by atoms with van der Waals surface area (Å²) in [5.74, 6) is 0. The molecule has 0 bridgehead atoms. The highest BCUT2D eigenvalue weighted by molar-refractivity contribution is 7.99. The van der Waals surface area contributed by atoms with Gasteiger partial charge in [-0.15, -0.1) is 0 Å². The summed E-state index contributed by atoms with van der Waals surface area (Å²) in [7, 11) is 0. The van der Waals surface area contributed by atoms with Gasteiger partial charge in [-0.1, -0.05) is 41.6 Å². The molecule has 0 saturated heterocycles. The summed E-state index contributed by atoms with van der Waals surface area (Å²) in [6.07, 6.45) is 0. The lowest BCUT2D eigenvalue weighted by Crippen LogP contribution is -1.75. The van der Waals surface area contributed by atoms with Crippen LogP contribution in [0.3, 0.4) is 0 Å². The molecule has 0 aliphatic rings. The number of aromatic nitrogens is 2. The van der Waals surface area contributed by atoms with E-state index in [4.69, 9.17) is 11.6 Å². The molecule has 1 aromatic heterocycles. The minimum absolute atomic E-state index is 0.742. The highest BCUT2D eigenvalue weighted by atomic mass is 35.5. The maximum absolute atomic E-state index is 5.95. The second-order valence-corrected chi connectivity index (χ2v) is 5.12. The molecule has 3 rings (SSSR count). The van der Waals surface area contributed by atoms with Crippen LogP contribution in [0.1, 0.15) is 0 Å². The summed E-state index contributed by atoms with van der Waals surface area (Å²) in [5.41, 5.74) is 2.04. The number of nitrogens with zero attached hydrogens (tertiary/aromatic N) is 1. The van der Waals surface area contributed by atoms with Gasteiger partial charge in [-0.05, 0) is 30.3 Å². The minimum atomic E-state index is 0.742. The molecule has 2 nitrogen and oxygen atoms in total. The Morgan fingerprint density at radius 2 is 1.94 bits per heavy atom. The lowest BCUT2D eigenvalue weighted by atomic mass is 10.3. The molecule has 0 aliphatic heterocycles. The van der Waals surface area contributed by atoms with Crippen molar-refractivity contribution in [1.82, 2.24) is 9.97 Å². The first-order valence-electron chi connectivity index (χ1n) is 5.19. The summed E-state index contributed by atoms with van der Waals surface area (Å²) in [4.78, 5) is 8.85. The minimum Gasteiger partial charge on any atom is -0.333 e. The second kappa shape index (κ2) is 4.43. The maximum Gasteiger partial charge on any atom is 0.171 e. The Morgan fingerprint density at radius 3 is 2.76 bits per heavy atom. The Balaban J connectivity index is 1.94. The first kappa shape index (κ1) is 10.7. The second-order valence-electron chi connectivity index (χ2n) is 3.62. The summed E-state index contributed by atoms with van der Waals surface area (Å²) in [6.45, 7) is 0. The number of H-pyrrole nitrogens is 1. The molecular weight excluding hydrogens is 252 g/mol. The molecule has 4 heteroatoms. The van der Waals surface area contributed by atoms with Crippen molar-refractivity contribution < 1.29 is 0 Å². The smallest absolute Gasteiger partial charge is 0.171 e. The van der Waals surface area contributed by atoms with Crippen LogP contribution in [-0.4, -0.2) is 9.97 Å². The predicted molar refractivity (Wildman–Crippen MR) is 71.7 cm³/mol. The van der Waals surface area contributed by atoms with Gasteiger partial charge < -0.3 is 4.98 Å². The van der Waals surface area contributed by atoms with Gasteiger partial charge >= 0.3 is 0 Å². The van der Waals surface area contributed by atoms with Crippen LogP contribution < -0.4 is 0 Å². The molecule has 0 amide bonds. The van der Waals surface area contributed by atoms with E-state index >= 15 is 0 Å². The monoisotopic (exact) mass is 260 g/mol. The normalized spacial score (nSPS) is 10.9. The third-order valence-corrected chi connectivity index (χ3v) is 3.49. The number of benzene rings is 2. The van der Waals surface area contributed by atoms with E-state index in [0.717, 1.165) is 26.1 Å². The van der Waals surface area contributed by atoms with Crippen LogP contribution >= 0.6 is 23.4 Å². The predicted octanol–water partition coefficient (Wildman–Crippen LogP) is 4.37. The van der Waals surface area contributed by atoms with Crippen molar-refractivity contribution in [3.8, 4) is 0 Å². The topological polar surface area (TPSA) is 28.7 Å². The van der Waals surface area contributed by atoms with E-state index in [1.165, 1.54) is 0 Å². The van der Waals surface area contributed by atoms with Crippen LogP contribution in [0.15, 0.2) is 58.6 Å². The molecule has 0 atom stereocenters. The Morgan fingerprint density at radius 1 is 1.06 bits per heavy atom. The zero-order chi connectivity index (χ0) is 11.7. The summed E-state index contributed by atoms with van der Waals surface area (Å²) in [6, 6.07) is 15.7. The van der Waals surface area contributed by atoms with Gasteiger partial charge in [0.15, 0.2) is 5.16 Å². The van der Waals surface area contributed by atoms with Gasteiger partial charge in [-0.2, -0.15) is 0 Å². The van der Waals surface area contributed by atoms with Crippen molar-refractivity contribution >= 4 is 34.4 Å². The van der Waals surface area contributed by atoms with Gasteiger partial charge in [0.2, 0.25) is 0 Å². The summed E-state index contributed by atoms with van der Waals surface area (Å²) in [5, 5.41) is 1.62. The van der Waals surface area contributed by atoms with Crippen molar-refractivity contribution in [2.45, 2.75) is 10.1 Å². The van der Waals surface area contributed by atoms with Gasteiger partial charge in [0.1, 0.15) is 0 Å². The molecule has 0 fully saturated rings. The number of hydrogen-bond donors (Lipinski definition) is 1. The van der Waals surface area contributed by atoms with Crippen LogP contribution in [0, 0.1) is 0 Å². The van der Waals surface area contributed by atoms with E-state index in [2.05, 4.69) is 9.97 Å². The quantitative estimate of drug-likeness (QED) is 0.741. The van der Waals surface area contributed by atoms with Crippen LogP contribution in [-0.2, 0) is 0 Å². The highest BCUT2D eigenvalue weighted by Crippen LogP contribution is 2.28. The van der Waals surface area contributed by atoms with Crippen molar-refractivity contribution in [3.63, 3.8) is 0 Å². The van der Waals surface area contributed by atoms with Crippen molar-refractivity contribution in [3.05, 3.63) is 53.6 Å². The number of hydrogen-bond acceptors (Lipinski definition) is 2. The van der Waals surface area contributed by atoms with E-state index in [1.54, 1.807) is 11.8 Å². The lowest BCUT2D eigenvalue weighted by molar-refractivity contribution is 1.08. The molecule has 0 spiro atoms. The fourth-order valence-electron chi connectivity index (χ4n) is 1.62. The Hall–Kier alpha value is -1.45. The Bertz CT molecular complexity index is 630. The first-order chi connectivity index (χ1) is 8.31. The molecule has 2 aromatic carbocycles. The number of halogens is 1. The van der Waals surface area contributed by atoms with Crippen molar-refractivity contribution in [1.29, 1.82) is 0 Å². The number of nitrogens with one attached hydrogen (secondary N) is 1. The average molecular weight is 261 g/mol. The maximum atomic E-state index is 5.95. The zero-order valence-corrected chi connectivity index (χ0v) is 10.4. The molecule has 1 heterocycles. The molecule has 0 aliphatic carbocycles. The fraction of sp³-hybridized carbons (Fsp3) is 0. The van der Waals surface area contributed by atoms with Crippen LogP contribution in [0.5, 0.6) is 0 Å². The summed E-state index contributed by atoms with van der Waals surface area (Å²) < 4.78 is 0. The van der Waals surface area contributed by atoms with E-state index in [1.807, 2.05) is 48.5 Å². The Kier molecular flexibility index (Phi) is 2.79. The van der Waals surface area contributed by atoms with E-state index in [-0.39, 0.29) is 0 Å². The van der Waals surface area contributed by atoms with Crippen molar-refractivity contribution in [2.75, 3.05) is 0 Å². The zero-order valence-electron chi connectivity index (χ0n) is 8.85. The largest absolute Gasteiger partial charge is 0.333 e. The fourth-order valence-corrected chi connectivity index (χ4v) is 2.74. The van der Waals surface area contributed by atoms with Crippen molar-refractivity contribution in [2.24, 2.45) is 0 Å². The molecular formula is C13H9ClN2S. The molecule has 0 unspecified atom stereocenters. The SMILES string of the molecule is Clc1cccc(Sc2nc3ccccc3[nH]2)c1. The number of fused-ring (bicyclic) bond motifs is 1. The van der Waals surface area contributed by atoms with Crippen LogP contribution in [0.2, 0.25) is 5.02 Å². The molecule has 0 radical (unpaired) electrons. The van der Waals surface area contributed by atoms with Gasteiger partial charge in [-0.25, -0.2) is 4.98 Å². The highest BCUT2D eigenvalue weighted by Gasteiger charge is 2.04. The third kappa shape index (κ3) is 2.30. The van der Waals surface area contributed by atoms with E-state index in [0.29, 0.717) is 0 Å². The number of rotatable bonds is 2. The van der Waals surface area contributed by atoms with E-state index in [9.17, 15) is 0 Å². The van der Waals surface area contributed by atoms with Gasteiger partial charge in [-0.3, -0.25) is 0 Å². The number of aromatic amines is 1. The molecule has 84 valence electrons. The lowest BCUT2D eigenvalue weighted by Gasteiger charge is -1.97. The van der Waals surface area contributed by atoms with Gasteiger partial charge in [0, 0.05) is 9.92 Å². The molecule has 1 N–H and O–H groups in total. The molecule has 3 aromatic rings. The number of para-hydroxylation sites is 2. The molecule has 17 heavy (non-hydrogen) atoms. The molecule has 0 saturated carbocycles. The van der Waals surface area contributed by atoms with Gasteiger partial charge in [0.25, 0.3) is 0 Å². The van der Waals surface area contributed by atoms with Gasteiger partial charge in [0.05, 0.1) is 11.0 Å². The van der Waals surface area contributed by atoms with Crippen LogP contribution in [0.25, 0.3) is 11.0 Å². The first-order valence-corrected chi connectivity index (χ1v) is 6.39. The summed E-state index contributed by atoms with van der Waals surface area (Å²) >= 11 is 7.52. The van der Waals surface area contributed by atoms with Crippen LogP contribution in [0.4, 0.5) is 0 Å². The standard InChI is InChI=1S/C13H9ClN2S/c14-9-4-3-5-10(8-9)17-13-15-11-6-1-2-7-12(11)16-13/h1-8H,(H,15,16). The average Bonchev–Trinajstić information content (AvgIpc) is 2.71. The Labute approximate surface area is 108 Å². The third-order valence-electron chi connectivity index (χ3n) is 2.38. The number of imidazole rings is 1. The van der Waals surface area contributed by atoms with E-state index < -0.39 is 0 Å².